The molecule has 0 aliphatic rings. The highest BCUT2D eigenvalue weighted by atomic mass is 32.1. The summed E-state index contributed by atoms with van der Waals surface area (Å²) in [6.45, 7) is 1.94. The quantitative estimate of drug-likeness (QED) is 0.281. The molecule has 0 fully saturated rings. The molecule has 5 aromatic rings. The molecule has 5 rings (SSSR count). The van der Waals surface area contributed by atoms with E-state index in [9.17, 15) is 4.79 Å². The molecule has 0 radical (unpaired) electrons. The molecule has 0 N–H and O–H groups in total. The predicted molar refractivity (Wildman–Crippen MR) is 141 cm³/mol. The first-order chi connectivity index (χ1) is 16.6. The maximum atomic E-state index is 13.0. The number of benzene rings is 4. The molecule has 0 aliphatic heterocycles. The first kappa shape index (κ1) is 21.8. The Labute approximate surface area is 203 Å². The van der Waals surface area contributed by atoms with E-state index < -0.39 is 0 Å². The number of carbonyl (C=O) groups excluding carboxylic acids is 1. The fourth-order valence-corrected chi connectivity index (χ4v) is 5.22. The van der Waals surface area contributed by atoms with E-state index in [0.717, 1.165) is 27.3 Å². The number of carbonyl (C=O) groups is 1. The number of thiazole rings is 1. The molecule has 1 amide bonds. The number of aryl methyl sites for hydroxylation is 1. The maximum absolute atomic E-state index is 13.0. The molecule has 1 heterocycles. The summed E-state index contributed by atoms with van der Waals surface area (Å²) in [7, 11) is 1.98. The second-order valence-corrected chi connectivity index (χ2v) is 9.14. The van der Waals surface area contributed by atoms with Crippen LogP contribution in [0.15, 0.2) is 114 Å². The van der Waals surface area contributed by atoms with Gasteiger partial charge in [0, 0.05) is 12.6 Å². The molecule has 4 aromatic carbocycles. The van der Waals surface area contributed by atoms with Crippen LogP contribution in [0.5, 0.6) is 0 Å². The van der Waals surface area contributed by atoms with Crippen molar-refractivity contribution in [2.24, 2.45) is 12.0 Å². The highest BCUT2D eigenvalue weighted by Crippen LogP contribution is 2.35. The third kappa shape index (κ3) is 4.28. The van der Waals surface area contributed by atoms with Gasteiger partial charge in [-0.3, -0.25) is 4.79 Å². The van der Waals surface area contributed by atoms with Gasteiger partial charge in [-0.25, -0.2) is 0 Å². The minimum atomic E-state index is -0.222. The van der Waals surface area contributed by atoms with E-state index >= 15 is 0 Å². The van der Waals surface area contributed by atoms with Gasteiger partial charge in [0.15, 0.2) is 4.80 Å². The van der Waals surface area contributed by atoms with Gasteiger partial charge in [-0.2, -0.15) is 4.99 Å². The summed E-state index contributed by atoms with van der Waals surface area (Å²) in [5.41, 5.74) is 7.15. The van der Waals surface area contributed by atoms with E-state index in [1.54, 1.807) is 0 Å². The summed E-state index contributed by atoms with van der Waals surface area (Å²) in [4.78, 5) is 19.3. The van der Waals surface area contributed by atoms with Gasteiger partial charge in [-0.05, 0) is 40.8 Å². The largest absolute Gasteiger partial charge is 0.319 e. The zero-order chi connectivity index (χ0) is 23.5. The first-order valence-electron chi connectivity index (χ1n) is 11.2. The third-order valence-electron chi connectivity index (χ3n) is 5.90. The molecule has 0 aliphatic carbocycles. The van der Waals surface area contributed by atoms with Crippen LogP contribution in [0.4, 0.5) is 0 Å². The Kier molecular flexibility index (Phi) is 6.07. The summed E-state index contributed by atoms with van der Waals surface area (Å²) < 4.78 is 2.03. The van der Waals surface area contributed by atoms with Crippen molar-refractivity contribution in [2.75, 3.05) is 0 Å². The van der Waals surface area contributed by atoms with Gasteiger partial charge >= 0.3 is 0 Å². The maximum Gasteiger partial charge on any atom is 0.279 e. The van der Waals surface area contributed by atoms with Crippen LogP contribution in [0.2, 0.25) is 0 Å². The minimum Gasteiger partial charge on any atom is -0.319 e. The molecule has 0 saturated heterocycles. The third-order valence-corrected chi connectivity index (χ3v) is 7.09. The van der Waals surface area contributed by atoms with Crippen molar-refractivity contribution < 1.29 is 4.79 Å². The van der Waals surface area contributed by atoms with E-state index in [2.05, 4.69) is 65.7 Å². The predicted octanol–water partition coefficient (Wildman–Crippen LogP) is 7.14. The lowest BCUT2D eigenvalue weighted by molar-refractivity contribution is 0.0997. The Morgan fingerprint density at radius 1 is 0.676 bits per heavy atom. The van der Waals surface area contributed by atoms with Crippen molar-refractivity contribution in [2.45, 2.75) is 6.92 Å². The van der Waals surface area contributed by atoms with Crippen molar-refractivity contribution in [3.63, 3.8) is 0 Å². The van der Waals surface area contributed by atoms with Gasteiger partial charge in [-0.15, -0.1) is 0 Å². The Morgan fingerprint density at radius 2 is 1.21 bits per heavy atom. The van der Waals surface area contributed by atoms with Gasteiger partial charge in [0.25, 0.3) is 5.91 Å². The lowest BCUT2D eigenvalue weighted by Crippen LogP contribution is -2.14. The van der Waals surface area contributed by atoms with Crippen LogP contribution in [-0.2, 0) is 7.05 Å². The number of hydrogen-bond donors (Lipinski definition) is 0. The molecular formula is C30H24N2OS. The Morgan fingerprint density at radius 3 is 1.85 bits per heavy atom. The molecule has 4 heteroatoms. The van der Waals surface area contributed by atoms with E-state index in [1.165, 1.54) is 22.5 Å². The van der Waals surface area contributed by atoms with Crippen molar-refractivity contribution >= 4 is 17.2 Å². The zero-order valence-corrected chi connectivity index (χ0v) is 19.9. The standard InChI is InChI=1S/C30H24N2OS/c1-21-11-9-10-16-26(21)29(33)31-30-32(2)27(28(34-30)25-14-7-4-8-15-25)24-19-17-23(18-20-24)22-12-5-3-6-13-22/h3-20H,1-2H3. The summed E-state index contributed by atoms with van der Waals surface area (Å²) >= 11 is 1.54. The van der Waals surface area contributed by atoms with Crippen molar-refractivity contribution in [3.05, 3.63) is 125 Å². The van der Waals surface area contributed by atoms with Gasteiger partial charge in [0.05, 0.1) is 10.6 Å². The van der Waals surface area contributed by atoms with Gasteiger partial charge in [-0.1, -0.05) is 114 Å². The van der Waals surface area contributed by atoms with Crippen LogP contribution in [0.25, 0.3) is 32.8 Å². The fraction of sp³-hybridized carbons (Fsp3) is 0.0667. The topological polar surface area (TPSA) is 34.4 Å². The second kappa shape index (κ2) is 9.46. The molecule has 0 saturated carbocycles. The highest BCUT2D eigenvalue weighted by molar-refractivity contribution is 7.13. The number of amides is 1. The van der Waals surface area contributed by atoms with E-state index in [0.29, 0.717) is 10.4 Å². The monoisotopic (exact) mass is 460 g/mol. The normalized spacial score (nSPS) is 11.5. The molecule has 1 aromatic heterocycles. The summed E-state index contributed by atoms with van der Waals surface area (Å²) in [5.74, 6) is -0.222. The SMILES string of the molecule is Cc1ccccc1C(=O)N=c1sc(-c2ccccc2)c(-c2ccc(-c3ccccc3)cc2)n1C. The van der Waals surface area contributed by atoms with E-state index in [1.807, 2.05) is 67.1 Å². The van der Waals surface area contributed by atoms with Crippen molar-refractivity contribution in [3.8, 4) is 32.8 Å². The zero-order valence-electron chi connectivity index (χ0n) is 19.1. The molecular weight excluding hydrogens is 436 g/mol. The van der Waals surface area contributed by atoms with Crippen LogP contribution in [-0.4, -0.2) is 10.5 Å². The smallest absolute Gasteiger partial charge is 0.279 e. The molecule has 0 unspecified atom stereocenters. The molecule has 0 atom stereocenters. The summed E-state index contributed by atoms with van der Waals surface area (Å²) in [6.07, 6.45) is 0. The molecule has 0 spiro atoms. The van der Waals surface area contributed by atoms with Gasteiger partial charge < -0.3 is 4.57 Å². The number of nitrogens with zero attached hydrogens (tertiary/aromatic N) is 2. The number of aromatic nitrogens is 1. The lowest BCUT2D eigenvalue weighted by Gasteiger charge is -2.09. The van der Waals surface area contributed by atoms with Crippen LogP contribution < -0.4 is 4.80 Å². The van der Waals surface area contributed by atoms with E-state index in [4.69, 9.17) is 0 Å². The van der Waals surface area contributed by atoms with Crippen LogP contribution in [0.1, 0.15) is 15.9 Å². The molecule has 3 nitrogen and oxygen atoms in total. The Bertz CT molecular complexity index is 1510. The molecule has 34 heavy (non-hydrogen) atoms. The van der Waals surface area contributed by atoms with Crippen molar-refractivity contribution in [1.29, 1.82) is 0 Å². The minimum absolute atomic E-state index is 0.222. The summed E-state index contributed by atoms with van der Waals surface area (Å²) in [5, 5.41) is 0. The fourth-order valence-electron chi connectivity index (χ4n) is 4.07. The number of hydrogen-bond acceptors (Lipinski definition) is 2. The summed E-state index contributed by atoms with van der Waals surface area (Å²) in [6, 6.07) is 36.8. The molecule has 166 valence electrons. The molecule has 0 bridgehead atoms. The first-order valence-corrected chi connectivity index (χ1v) is 12.0. The van der Waals surface area contributed by atoms with Gasteiger partial charge in [0.2, 0.25) is 0 Å². The Balaban J connectivity index is 1.64. The van der Waals surface area contributed by atoms with E-state index in [-0.39, 0.29) is 5.91 Å². The van der Waals surface area contributed by atoms with Gasteiger partial charge in [0.1, 0.15) is 0 Å². The van der Waals surface area contributed by atoms with Crippen LogP contribution in [0.3, 0.4) is 0 Å². The van der Waals surface area contributed by atoms with Crippen molar-refractivity contribution in [1.82, 2.24) is 4.57 Å². The average Bonchev–Trinajstić information content (AvgIpc) is 3.21. The number of rotatable bonds is 4. The second-order valence-electron chi connectivity index (χ2n) is 8.16. The highest BCUT2D eigenvalue weighted by Gasteiger charge is 2.17. The Hall–Kier alpha value is -4.02. The lowest BCUT2D eigenvalue weighted by atomic mass is 10.0. The average molecular weight is 461 g/mol. The van der Waals surface area contributed by atoms with Crippen LogP contribution in [0, 0.1) is 6.92 Å². The van der Waals surface area contributed by atoms with Crippen LogP contribution >= 0.6 is 11.3 Å².